The first-order valence-corrected chi connectivity index (χ1v) is 10.6. The molecular weight excluding hydrogens is 520 g/mol. The number of carbonyl (C=O) groups is 1. The van der Waals surface area contributed by atoms with Crippen LogP contribution in [-0.2, 0) is 6.18 Å². The fourth-order valence-electron chi connectivity index (χ4n) is 3.24. The molecule has 1 aliphatic rings. The summed E-state index contributed by atoms with van der Waals surface area (Å²) >= 11 is 17.3. The van der Waals surface area contributed by atoms with E-state index in [9.17, 15) is 35.5 Å². The number of allylic oxidation sites excluding steroid dienone is 1. The van der Waals surface area contributed by atoms with Gasteiger partial charge in [0.25, 0.3) is 0 Å². The third kappa shape index (κ3) is 6.22. The summed E-state index contributed by atoms with van der Waals surface area (Å²) in [4.78, 5) is 12.2. The van der Waals surface area contributed by atoms with E-state index in [1.165, 1.54) is 0 Å². The predicted octanol–water partition coefficient (Wildman–Crippen LogP) is 9.30. The molecule has 0 amide bonds. The maximum atomic E-state index is 14.8. The van der Waals surface area contributed by atoms with Gasteiger partial charge in [0.1, 0.15) is 11.7 Å². The Morgan fingerprint density at radius 3 is 2.06 bits per heavy atom. The van der Waals surface area contributed by atoms with Crippen LogP contribution in [0.15, 0.2) is 36.4 Å². The molecule has 178 valence electrons. The molecule has 0 bridgehead atoms. The fraction of sp³-hybridized carbons (Fsp3) is 0.318. The average molecular weight is 534 g/mol. The van der Waals surface area contributed by atoms with E-state index in [2.05, 4.69) is 0 Å². The number of alkyl halides is 6. The molecule has 0 saturated heterocycles. The van der Waals surface area contributed by atoms with Crippen LogP contribution >= 0.6 is 34.8 Å². The van der Waals surface area contributed by atoms with Gasteiger partial charge in [0, 0.05) is 17.5 Å². The van der Waals surface area contributed by atoms with Crippen LogP contribution in [0.4, 0.5) is 30.7 Å². The van der Waals surface area contributed by atoms with Crippen molar-refractivity contribution in [2.45, 2.75) is 37.5 Å². The van der Waals surface area contributed by atoms with Crippen LogP contribution in [0.5, 0.6) is 0 Å². The molecule has 2 aromatic carbocycles. The first kappa shape index (κ1) is 25.8. The lowest BCUT2D eigenvalue weighted by molar-refractivity contribution is -0.140. The number of rotatable bonds is 6. The van der Waals surface area contributed by atoms with Crippen LogP contribution < -0.4 is 0 Å². The van der Waals surface area contributed by atoms with Gasteiger partial charge in [0.15, 0.2) is 5.78 Å². The topological polar surface area (TPSA) is 17.1 Å². The molecule has 0 N–H and O–H groups in total. The molecule has 0 radical (unpaired) electrons. The molecule has 1 saturated carbocycles. The van der Waals surface area contributed by atoms with E-state index in [0.717, 1.165) is 37.1 Å². The largest absolute Gasteiger partial charge is 0.417 e. The van der Waals surface area contributed by atoms with Crippen molar-refractivity contribution < 1.29 is 35.5 Å². The van der Waals surface area contributed by atoms with Gasteiger partial charge in [-0.1, -0.05) is 46.9 Å². The van der Waals surface area contributed by atoms with E-state index in [0.29, 0.717) is 6.07 Å². The van der Waals surface area contributed by atoms with E-state index in [-0.39, 0.29) is 33.5 Å². The number of ketones is 1. The lowest BCUT2D eigenvalue weighted by Crippen LogP contribution is -2.19. The Hall–Kier alpha value is -1.77. The van der Waals surface area contributed by atoms with Gasteiger partial charge >= 0.3 is 12.4 Å². The van der Waals surface area contributed by atoms with E-state index in [1.54, 1.807) is 0 Å². The first-order chi connectivity index (χ1) is 15.2. The number of benzene rings is 2. The zero-order valence-electron chi connectivity index (χ0n) is 16.4. The van der Waals surface area contributed by atoms with Crippen LogP contribution in [0, 0.1) is 5.92 Å². The van der Waals surface area contributed by atoms with Gasteiger partial charge in [-0.05, 0) is 48.6 Å². The smallest absolute Gasteiger partial charge is 0.294 e. The van der Waals surface area contributed by atoms with Crippen molar-refractivity contribution >= 4 is 46.4 Å². The molecule has 0 aliphatic heterocycles. The number of halogens is 10. The van der Waals surface area contributed by atoms with Crippen molar-refractivity contribution in [2.24, 2.45) is 5.92 Å². The summed E-state index contributed by atoms with van der Waals surface area (Å²) in [6, 6.07) is 3.66. The second kappa shape index (κ2) is 9.47. The maximum Gasteiger partial charge on any atom is 0.417 e. The molecule has 1 fully saturated rings. The third-order valence-corrected chi connectivity index (χ3v) is 6.30. The van der Waals surface area contributed by atoms with Gasteiger partial charge < -0.3 is 0 Å². The van der Waals surface area contributed by atoms with Crippen LogP contribution in [0.25, 0.3) is 5.83 Å². The number of Topliss-reactive ketones (excluding diaryl/α,β-unsaturated/α-hetero) is 1. The van der Waals surface area contributed by atoms with E-state index in [4.69, 9.17) is 34.8 Å². The summed E-state index contributed by atoms with van der Waals surface area (Å²) in [5.74, 6) is -4.87. The molecule has 1 nitrogen and oxygen atoms in total. The molecule has 1 atom stereocenters. The minimum atomic E-state index is -5.02. The van der Waals surface area contributed by atoms with Crippen LogP contribution in [0.2, 0.25) is 15.1 Å². The molecule has 11 heteroatoms. The van der Waals surface area contributed by atoms with E-state index in [1.807, 2.05) is 0 Å². The average Bonchev–Trinajstić information content (AvgIpc) is 3.51. The summed E-state index contributed by atoms with van der Waals surface area (Å²) in [5, 5.41) is -0.811. The molecule has 3 rings (SSSR count). The third-order valence-electron chi connectivity index (χ3n) is 5.10. The highest BCUT2D eigenvalue weighted by Gasteiger charge is 2.41. The molecule has 2 aromatic rings. The number of hydrogen-bond donors (Lipinski definition) is 0. The van der Waals surface area contributed by atoms with E-state index < -0.39 is 52.1 Å². The lowest BCUT2D eigenvalue weighted by Gasteiger charge is -2.19. The molecule has 33 heavy (non-hydrogen) atoms. The van der Waals surface area contributed by atoms with Crippen molar-refractivity contribution in [3.05, 3.63) is 73.7 Å². The highest BCUT2D eigenvalue weighted by Crippen LogP contribution is 2.43. The Kier molecular flexibility index (Phi) is 7.42. The number of hydrogen-bond acceptors (Lipinski definition) is 1. The summed E-state index contributed by atoms with van der Waals surface area (Å²) in [6.45, 7) is 0. The highest BCUT2D eigenvalue weighted by atomic mass is 35.5. The Bertz CT molecular complexity index is 1080. The highest BCUT2D eigenvalue weighted by molar-refractivity contribution is 6.48. The molecule has 1 aliphatic carbocycles. The fourth-order valence-corrected chi connectivity index (χ4v) is 3.85. The number of carbonyl (C=O) groups excluding carboxylic acids is 1. The second-order valence-electron chi connectivity index (χ2n) is 7.66. The van der Waals surface area contributed by atoms with Crippen molar-refractivity contribution in [2.75, 3.05) is 0 Å². The van der Waals surface area contributed by atoms with Gasteiger partial charge in [-0.25, -0.2) is 4.39 Å². The standard InChI is InChI=1S/C22H14Cl3F7O/c23-16-7-12(8-17(24)20(16)25)14(21(27,28)29)9-18(26)11-3-4-13(15(6-11)22(30,31)32)19(33)5-10-1-2-10/h3-4,6-10,14H,1-2,5H2/b18-9-. The van der Waals surface area contributed by atoms with Crippen molar-refractivity contribution in [3.8, 4) is 0 Å². The summed E-state index contributed by atoms with van der Waals surface area (Å²) < 4.78 is 96.4. The Morgan fingerprint density at radius 2 is 1.58 bits per heavy atom. The van der Waals surface area contributed by atoms with Gasteiger partial charge in [-0.2, -0.15) is 26.3 Å². The van der Waals surface area contributed by atoms with Crippen LogP contribution in [0.1, 0.15) is 52.2 Å². The zero-order valence-corrected chi connectivity index (χ0v) is 18.7. The van der Waals surface area contributed by atoms with Gasteiger partial charge in [-0.15, -0.1) is 0 Å². The molecule has 1 unspecified atom stereocenters. The van der Waals surface area contributed by atoms with Crippen molar-refractivity contribution in [1.29, 1.82) is 0 Å². The SMILES string of the molecule is O=C(CC1CC1)c1ccc(/C(F)=C/C(c2cc(Cl)c(Cl)c(Cl)c2)C(F)(F)F)cc1C(F)(F)F. The van der Waals surface area contributed by atoms with Gasteiger partial charge in [-0.3, -0.25) is 4.79 Å². The summed E-state index contributed by atoms with van der Waals surface area (Å²) in [6.07, 6.45) is -8.51. The first-order valence-electron chi connectivity index (χ1n) is 9.51. The summed E-state index contributed by atoms with van der Waals surface area (Å²) in [7, 11) is 0. The second-order valence-corrected chi connectivity index (χ2v) is 8.85. The quantitative estimate of drug-likeness (QED) is 0.205. The Labute approximate surface area is 199 Å². The van der Waals surface area contributed by atoms with Gasteiger partial charge in [0.05, 0.1) is 20.6 Å². The predicted molar refractivity (Wildman–Crippen MR) is 112 cm³/mol. The lowest BCUT2D eigenvalue weighted by atomic mass is 9.94. The monoisotopic (exact) mass is 532 g/mol. The maximum absolute atomic E-state index is 14.8. The van der Waals surface area contributed by atoms with Crippen molar-refractivity contribution in [1.82, 2.24) is 0 Å². The Morgan fingerprint density at radius 1 is 1.00 bits per heavy atom. The minimum absolute atomic E-state index is 0.0143. The van der Waals surface area contributed by atoms with Crippen molar-refractivity contribution in [3.63, 3.8) is 0 Å². The molecule has 0 heterocycles. The van der Waals surface area contributed by atoms with Crippen LogP contribution in [-0.4, -0.2) is 12.0 Å². The molecule has 0 spiro atoms. The summed E-state index contributed by atoms with van der Waals surface area (Å²) in [5.41, 5.74) is -3.36. The van der Waals surface area contributed by atoms with Gasteiger partial charge in [0.2, 0.25) is 0 Å². The van der Waals surface area contributed by atoms with Crippen LogP contribution in [0.3, 0.4) is 0 Å². The normalized spacial score (nSPS) is 16.1. The Balaban J connectivity index is 2.04. The zero-order chi connectivity index (χ0) is 24.7. The molecule has 0 aromatic heterocycles. The minimum Gasteiger partial charge on any atom is -0.294 e. The molecular formula is C22H14Cl3F7O. The van der Waals surface area contributed by atoms with E-state index >= 15 is 0 Å².